The number of hydrogen-bond donors (Lipinski definition) is 0. The maximum atomic E-state index is 5.64. The molecule has 0 bridgehead atoms. The first-order valence-corrected chi connectivity index (χ1v) is 5.78. The van der Waals surface area contributed by atoms with Gasteiger partial charge >= 0.3 is 0 Å². The Morgan fingerprint density at radius 2 is 1.94 bits per heavy atom. The van der Waals surface area contributed by atoms with Crippen molar-refractivity contribution in [3.05, 3.63) is 35.7 Å². The van der Waals surface area contributed by atoms with E-state index < -0.39 is 0 Å². The van der Waals surface area contributed by atoms with Crippen LogP contribution in [-0.2, 0) is 12.0 Å². The zero-order chi connectivity index (χ0) is 12.0. The second-order valence-electron chi connectivity index (χ2n) is 5.36. The lowest BCUT2D eigenvalue weighted by Crippen LogP contribution is -2.14. The highest BCUT2D eigenvalue weighted by atomic mass is 16.5. The molecule has 0 spiro atoms. The van der Waals surface area contributed by atoms with E-state index in [-0.39, 0.29) is 5.41 Å². The minimum Gasteiger partial charge on any atom is -0.485 e. The van der Waals surface area contributed by atoms with Crippen LogP contribution in [0.4, 0.5) is 0 Å². The van der Waals surface area contributed by atoms with Crippen LogP contribution >= 0.6 is 0 Å². The first kappa shape index (κ1) is 10.4. The second-order valence-corrected chi connectivity index (χ2v) is 5.36. The van der Waals surface area contributed by atoms with Crippen LogP contribution in [0.1, 0.15) is 32.2 Å². The monoisotopic (exact) mass is 229 g/mol. The number of hydrogen-bond acceptors (Lipinski definition) is 3. The lowest BCUT2D eigenvalue weighted by molar-refractivity contribution is 0.244. The molecule has 0 N–H and O–H groups in total. The van der Waals surface area contributed by atoms with E-state index in [2.05, 4.69) is 32.0 Å². The maximum absolute atomic E-state index is 5.64. The number of fused-ring (bicyclic) bond motifs is 3. The van der Waals surface area contributed by atoms with Gasteiger partial charge in [-0.1, -0.05) is 44.1 Å². The van der Waals surface area contributed by atoms with Crippen LogP contribution in [0.5, 0.6) is 5.75 Å². The molecule has 0 saturated carbocycles. The summed E-state index contributed by atoms with van der Waals surface area (Å²) in [6, 6.07) is 8.03. The number of ether oxygens (including phenoxy) is 1. The summed E-state index contributed by atoms with van der Waals surface area (Å²) in [5.74, 6) is 1.74. The minimum atomic E-state index is -0.0263. The summed E-state index contributed by atoms with van der Waals surface area (Å²) < 4.78 is 11.0. The minimum absolute atomic E-state index is 0.0263. The molecule has 0 aliphatic carbocycles. The van der Waals surface area contributed by atoms with E-state index in [1.807, 2.05) is 18.2 Å². The fraction of sp³-hybridized carbons (Fsp3) is 0.357. The summed E-state index contributed by atoms with van der Waals surface area (Å²) in [5.41, 5.74) is 3.17. The van der Waals surface area contributed by atoms with Gasteiger partial charge < -0.3 is 9.26 Å². The molecule has 88 valence electrons. The summed E-state index contributed by atoms with van der Waals surface area (Å²) in [6.45, 7) is 6.89. The Labute approximate surface area is 100 Å². The number of aromatic nitrogens is 1. The van der Waals surface area contributed by atoms with Crippen molar-refractivity contribution in [3.8, 4) is 16.9 Å². The van der Waals surface area contributed by atoms with E-state index in [9.17, 15) is 0 Å². The predicted molar refractivity (Wildman–Crippen MR) is 65.0 cm³/mol. The second kappa shape index (κ2) is 3.36. The van der Waals surface area contributed by atoms with Crippen LogP contribution in [0.25, 0.3) is 11.1 Å². The number of rotatable bonds is 0. The summed E-state index contributed by atoms with van der Waals surface area (Å²) in [5, 5.41) is 4.21. The zero-order valence-electron chi connectivity index (χ0n) is 10.3. The van der Waals surface area contributed by atoms with Crippen LogP contribution < -0.4 is 4.74 Å². The summed E-state index contributed by atoms with van der Waals surface area (Å²) >= 11 is 0. The fourth-order valence-electron chi connectivity index (χ4n) is 2.15. The highest BCUT2D eigenvalue weighted by Crippen LogP contribution is 2.42. The van der Waals surface area contributed by atoms with Crippen LogP contribution in [0.3, 0.4) is 0 Å². The number of nitrogens with zero attached hydrogens (tertiary/aromatic N) is 1. The summed E-state index contributed by atoms with van der Waals surface area (Å²) in [6.07, 6.45) is 0. The number of benzene rings is 1. The van der Waals surface area contributed by atoms with Crippen LogP contribution in [-0.4, -0.2) is 5.16 Å². The molecule has 0 fully saturated rings. The summed E-state index contributed by atoms with van der Waals surface area (Å²) in [7, 11) is 0. The lowest BCUT2D eigenvalue weighted by Gasteiger charge is -2.21. The van der Waals surface area contributed by atoms with E-state index in [4.69, 9.17) is 9.26 Å². The molecule has 3 rings (SSSR count). The molecule has 3 heteroatoms. The van der Waals surface area contributed by atoms with E-state index in [0.717, 1.165) is 28.3 Å². The van der Waals surface area contributed by atoms with Gasteiger partial charge in [-0.2, -0.15) is 0 Å². The van der Waals surface area contributed by atoms with Gasteiger partial charge in [-0.15, -0.1) is 0 Å². The third-order valence-corrected chi connectivity index (χ3v) is 2.99. The molecule has 17 heavy (non-hydrogen) atoms. The Bertz CT molecular complexity index is 564. The van der Waals surface area contributed by atoms with Crippen molar-refractivity contribution in [1.29, 1.82) is 0 Å². The van der Waals surface area contributed by atoms with Gasteiger partial charge in [0.2, 0.25) is 0 Å². The van der Waals surface area contributed by atoms with Gasteiger partial charge in [0.15, 0.2) is 5.76 Å². The lowest BCUT2D eigenvalue weighted by atomic mass is 9.86. The molecule has 2 heterocycles. The van der Waals surface area contributed by atoms with E-state index in [0.29, 0.717) is 6.61 Å². The van der Waals surface area contributed by atoms with Gasteiger partial charge in [-0.25, -0.2) is 0 Å². The van der Waals surface area contributed by atoms with Crippen molar-refractivity contribution in [2.75, 3.05) is 0 Å². The summed E-state index contributed by atoms with van der Waals surface area (Å²) in [4.78, 5) is 0. The highest BCUT2D eigenvalue weighted by molar-refractivity contribution is 5.76. The van der Waals surface area contributed by atoms with Gasteiger partial charge in [0.1, 0.15) is 12.4 Å². The molecule has 1 aliphatic heterocycles. The molecule has 1 aromatic carbocycles. The van der Waals surface area contributed by atoms with Gasteiger partial charge in [0.05, 0.1) is 11.3 Å². The normalized spacial score (nSPS) is 13.8. The first-order chi connectivity index (χ1) is 8.07. The smallest absolute Gasteiger partial charge is 0.182 e. The molecule has 1 aliphatic rings. The van der Waals surface area contributed by atoms with Crippen molar-refractivity contribution in [2.45, 2.75) is 32.8 Å². The van der Waals surface area contributed by atoms with Crippen LogP contribution in [0.15, 0.2) is 28.8 Å². The predicted octanol–water partition coefficient (Wildman–Crippen LogP) is 3.53. The topological polar surface area (TPSA) is 35.3 Å². The molecule has 0 unspecified atom stereocenters. The standard InChI is InChI=1S/C14H15NO2/c1-14(2,3)13-12-9-6-4-5-7-10(9)16-8-11(12)17-15-13/h4-7H,8H2,1-3H3. The Morgan fingerprint density at radius 3 is 2.71 bits per heavy atom. The maximum Gasteiger partial charge on any atom is 0.182 e. The van der Waals surface area contributed by atoms with Crippen LogP contribution in [0, 0.1) is 0 Å². The van der Waals surface area contributed by atoms with E-state index in [1.165, 1.54) is 0 Å². The highest BCUT2D eigenvalue weighted by Gasteiger charge is 2.31. The number of para-hydroxylation sites is 1. The molecule has 0 saturated heterocycles. The Balaban J connectivity index is 2.27. The SMILES string of the molecule is CC(C)(C)c1noc2c1-c1ccccc1OC2. The Morgan fingerprint density at radius 1 is 1.18 bits per heavy atom. The molecule has 0 amide bonds. The van der Waals surface area contributed by atoms with Gasteiger partial charge in [0, 0.05) is 11.0 Å². The fourth-order valence-corrected chi connectivity index (χ4v) is 2.15. The van der Waals surface area contributed by atoms with Crippen molar-refractivity contribution < 1.29 is 9.26 Å². The third kappa shape index (κ3) is 1.54. The Hall–Kier alpha value is -1.77. The third-order valence-electron chi connectivity index (χ3n) is 2.99. The Kier molecular flexibility index (Phi) is 2.05. The molecule has 0 radical (unpaired) electrons. The first-order valence-electron chi connectivity index (χ1n) is 5.78. The van der Waals surface area contributed by atoms with Gasteiger partial charge in [-0.05, 0) is 6.07 Å². The average Bonchev–Trinajstić information content (AvgIpc) is 2.72. The van der Waals surface area contributed by atoms with Crippen molar-refractivity contribution in [2.24, 2.45) is 0 Å². The molecule has 3 nitrogen and oxygen atoms in total. The quantitative estimate of drug-likeness (QED) is 0.693. The largest absolute Gasteiger partial charge is 0.485 e. The van der Waals surface area contributed by atoms with Gasteiger partial charge in [-0.3, -0.25) is 0 Å². The van der Waals surface area contributed by atoms with E-state index >= 15 is 0 Å². The van der Waals surface area contributed by atoms with Crippen LogP contribution in [0.2, 0.25) is 0 Å². The molecule has 1 aromatic heterocycles. The molecule has 2 aromatic rings. The molecular formula is C14H15NO2. The van der Waals surface area contributed by atoms with Crippen molar-refractivity contribution in [3.63, 3.8) is 0 Å². The zero-order valence-corrected chi connectivity index (χ0v) is 10.3. The molecular weight excluding hydrogens is 214 g/mol. The van der Waals surface area contributed by atoms with Crippen molar-refractivity contribution in [1.82, 2.24) is 5.16 Å². The van der Waals surface area contributed by atoms with Gasteiger partial charge in [0.25, 0.3) is 0 Å². The molecule has 0 atom stereocenters. The average molecular weight is 229 g/mol. The van der Waals surface area contributed by atoms with Crippen molar-refractivity contribution >= 4 is 0 Å². The van der Waals surface area contributed by atoms with E-state index in [1.54, 1.807) is 0 Å².